The number of nitrogens with two attached hydrogens (primary N) is 1. The van der Waals surface area contributed by atoms with Crippen LogP contribution in [0.3, 0.4) is 0 Å². The van der Waals surface area contributed by atoms with Crippen molar-refractivity contribution in [3.8, 4) is 17.2 Å². The lowest BCUT2D eigenvalue weighted by molar-refractivity contribution is 0.171. The summed E-state index contributed by atoms with van der Waals surface area (Å²) in [5, 5.41) is 0. The second-order valence-corrected chi connectivity index (χ2v) is 5.47. The van der Waals surface area contributed by atoms with Gasteiger partial charge in [0.25, 0.3) is 0 Å². The van der Waals surface area contributed by atoms with Crippen molar-refractivity contribution in [3.63, 3.8) is 0 Å². The van der Waals surface area contributed by atoms with Crippen molar-refractivity contribution in [2.45, 2.75) is 6.61 Å². The molecule has 1 aliphatic heterocycles. The van der Waals surface area contributed by atoms with Crippen LogP contribution in [0, 0.1) is 5.82 Å². The van der Waals surface area contributed by atoms with Gasteiger partial charge in [0.05, 0.1) is 0 Å². The van der Waals surface area contributed by atoms with Gasteiger partial charge in [0, 0.05) is 21.8 Å². The smallest absolute Gasteiger partial charge is 0.166 e. The van der Waals surface area contributed by atoms with Gasteiger partial charge < -0.3 is 19.9 Å². The number of benzene rings is 2. The minimum atomic E-state index is -0.430. The molecule has 0 unspecified atom stereocenters. The molecule has 3 rings (SSSR count). The third-order valence-electron chi connectivity index (χ3n) is 3.08. The van der Waals surface area contributed by atoms with E-state index < -0.39 is 5.82 Å². The molecule has 0 aliphatic carbocycles. The number of hydrogen-bond acceptors (Lipinski definition) is 4. The summed E-state index contributed by atoms with van der Waals surface area (Å²) in [5.41, 5.74) is 7.20. The summed E-state index contributed by atoms with van der Waals surface area (Å²) < 4.78 is 30.8. The Morgan fingerprint density at radius 2 is 1.86 bits per heavy atom. The molecule has 0 aromatic heterocycles. The second-order valence-electron chi connectivity index (χ2n) is 4.56. The van der Waals surface area contributed by atoms with Gasteiger partial charge in [-0.25, -0.2) is 4.39 Å². The Balaban J connectivity index is 1.78. The average molecular weight is 354 g/mol. The normalized spacial score (nSPS) is 13.0. The Bertz CT molecular complexity index is 678. The van der Waals surface area contributed by atoms with E-state index in [-0.39, 0.29) is 12.4 Å². The predicted octanol–water partition coefficient (Wildman–Crippen LogP) is 3.52. The molecule has 0 atom stereocenters. The SMILES string of the molecule is Nc1cc2c(cc1COc1ccc(Br)cc1F)OCCO2. The first-order chi connectivity index (χ1) is 10.1. The first-order valence-electron chi connectivity index (χ1n) is 6.39. The number of halogens is 2. The lowest BCUT2D eigenvalue weighted by Crippen LogP contribution is -2.16. The number of ether oxygens (including phenoxy) is 3. The Hall–Kier alpha value is -1.95. The van der Waals surface area contributed by atoms with Gasteiger partial charge in [0.1, 0.15) is 19.8 Å². The van der Waals surface area contributed by atoms with Crippen LogP contribution in [-0.4, -0.2) is 13.2 Å². The van der Waals surface area contributed by atoms with E-state index in [1.165, 1.54) is 6.07 Å². The molecular formula is C15H13BrFNO3. The van der Waals surface area contributed by atoms with Gasteiger partial charge >= 0.3 is 0 Å². The van der Waals surface area contributed by atoms with E-state index in [1.807, 2.05) is 0 Å². The van der Waals surface area contributed by atoms with Gasteiger partial charge in [-0.1, -0.05) is 15.9 Å². The van der Waals surface area contributed by atoms with E-state index >= 15 is 0 Å². The Kier molecular flexibility index (Phi) is 3.88. The van der Waals surface area contributed by atoms with Crippen LogP contribution in [-0.2, 0) is 6.61 Å². The number of nitrogen functional groups attached to an aromatic ring is 1. The van der Waals surface area contributed by atoms with Crippen LogP contribution in [0.1, 0.15) is 5.56 Å². The molecule has 1 aliphatic rings. The second kappa shape index (κ2) is 5.81. The highest BCUT2D eigenvalue weighted by Gasteiger charge is 2.15. The zero-order chi connectivity index (χ0) is 14.8. The molecule has 0 amide bonds. The van der Waals surface area contributed by atoms with Crippen LogP contribution in [0.2, 0.25) is 0 Å². The van der Waals surface area contributed by atoms with E-state index in [1.54, 1.807) is 24.3 Å². The molecule has 0 spiro atoms. The summed E-state index contributed by atoms with van der Waals surface area (Å²) in [5.74, 6) is 0.996. The molecule has 0 saturated heterocycles. The average Bonchev–Trinajstić information content (AvgIpc) is 2.46. The van der Waals surface area contributed by atoms with Crippen molar-refractivity contribution in [2.75, 3.05) is 18.9 Å². The molecule has 110 valence electrons. The standard InChI is InChI=1S/C15H13BrFNO3/c16-10-1-2-13(11(17)6-10)21-8-9-5-14-15(7-12(9)18)20-4-3-19-14/h1-2,5-7H,3-4,8,18H2. The molecule has 2 aromatic carbocycles. The van der Waals surface area contributed by atoms with Crippen molar-refractivity contribution in [1.29, 1.82) is 0 Å². The Morgan fingerprint density at radius 1 is 1.14 bits per heavy atom. The third kappa shape index (κ3) is 3.05. The zero-order valence-electron chi connectivity index (χ0n) is 11.1. The van der Waals surface area contributed by atoms with Crippen LogP contribution in [0.4, 0.5) is 10.1 Å². The van der Waals surface area contributed by atoms with Crippen molar-refractivity contribution >= 4 is 21.6 Å². The maximum Gasteiger partial charge on any atom is 0.166 e. The first kappa shape index (κ1) is 14.0. The summed E-state index contributed by atoms with van der Waals surface area (Å²) >= 11 is 3.20. The van der Waals surface area contributed by atoms with Gasteiger partial charge in [0.2, 0.25) is 0 Å². The monoisotopic (exact) mass is 353 g/mol. The molecule has 21 heavy (non-hydrogen) atoms. The minimum Gasteiger partial charge on any atom is -0.486 e. The van der Waals surface area contributed by atoms with E-state index in [4.69, 9.17) is 19.9 Å². The van der Waals surface area contributed by atoms with Gasteiger partial charge in [-0.2, -0.15) is 0 Å². The number of rotatable bonds is 3. The first-order valence-corrected chi connectivity index (χ1v) is 7.18. The third-order valence-corrected chi connectivity index (χ3v) is 3.57. The fourth-order valence-corrected chi connectivity index (χ4v) is 2.35. The molecule has 0 saturated carbocycles. The highest BCUT2D eigenvalue weighted by molar-refractivity contribution is 9.10. The summed E-state index contributed by atoms with van der Waals surface area (Å²) in [6, 6.07) is 8.09. The van der Waals surface area contributed by atoms with E-state index in [0.717, 1.165) is 5.56 Å². The lowest BCUT2D eigenvalue weighted by Gasteiger charge is -2.20. The fourth-order valence-electron chi connectivity index (χ4n) is 2.02. The topological polar surface area (TPSA) is 53.7 Å². The van der Waals surface area contributed by atoms with E-state index in [9.17, 15) is 4.39 Å². The van der Waals surface area contributed by atoms with Gasteiger partial charge in [-0.3, -0.25) is 0 Å². The quantitative estimate of drug-likeness (QED) is 0.857. The van der Waals surface area contributed by atoms with Crippen molar-refractivity contribution in [2.24, 2.45) is 0 Å². The van der Waals surface area contributed by atoms with Gasteiger partial charge in [-0.05, 0) is 24.3 Å². The van der Waals surface area contributed by atoms with Crippen LogP contribution < -0.4 is 19.9 Å². The number of hydrogen-bond donors (Lipinski definition) is 1. The molecule has 1 heterocycles. The zero-order valence-corrected chi connectivity index (χ0v) is 12.7. The predicted molar refractivity (Wildman–Crippen MR) is 80.3 cm³/mol. The summed E-state index contributed by atoms with van der Waals surface area (Å²) in [6.45, 7) is 1.16. The summed E-state index contributed by atoms with van der Waals surface area (Å²) in [6.07, 6.45) is 0. The largest absolute Gasteiger partial charge is 0.486 e. The van der Waals surface area contributed by atoms with Crippen LogP contribution in [0.15, 0.2) is 34.8 Å². The molecule has 0 radical (unpaired) electrons. The number of anilines is 1. The van der Waals surface area contributed by atoms with Crippen molar-refractivity contribution < 1.29 is 18.6 Å². The maximum atomic E-state index is 13.7. The van der Waals surface area contributed by atoms with E-state index in [2.05, 4.69) is 15.9 Å². The van der Waals surface area contributed by atoms with Gasteiger partial charge in [-0.15, -0.1) is 0 Å². The molecular weight excluding hydrogens is 341 g/mol. The molecule has 0 fully saturated rings. The fraction of sp³-hybridized carbons (Fsp3) is 0.200. The van der Waals surface area contributed by atoms with Crippen LogP contribution in [0.25, 0.3) is 0 Å². The van der Waals surface area contributed by atoms with Crippen molar-refractivity contribution in [1.82, 2.24) is 0 Å². The van der Waals surface area contributed by atoms with Crippen LogP contribution >= 0.6 is 15.9 Å². The summed E-state index contributed by atoms with van der Waals surface area (Å²) in [4.78, 5) is 0. The summed E-state index contributed by atoms with van der Waals surface area (Å²) in [7, 11) is 0. The molecule has 6 heteroatoms. The highest BCUT2D eigenvalue weighted by atomic mass is 79.9. The molecule has 2 aromatic rings. The lowest BCUT2D eigenvalue weighted by atomic mass is 10.1. The Labute approximate surface area is 129 Å². The Morgan fingerprint density at radius 3 is 2.57 bits per heavy atom. The number of fused-ring (bicyclic) bond motifs is 1. The molecule has 0 bridgehead atoms. The van der Waals surface area contributed by atoms with Crippen LogP contribution in [0.5, 0.6) is 17.2 Å². The van der Waals surface area contributed by atoms with E-state index in [0.29, 0.717) is 34.9 Å². The molecule has 2 N–H and O–H groups in total. The minimum absolute atomic E-state index is 0.154. The molecule has 4 nitrogen and oxygen atoms in total. The van der Waals surface area contributed by atoms with Crippen molar-refractivity contribution in [3.05, 3.63) is 46.2 Å². The highest BCUT2D eigenvalue weighted by Crippen LogP contribution is 2.35. The maximum absolute atomic E-state index is 13.7. The van der Waals surface area contributed by atoms with Gasteiger partial charge in [0.15, 0.2) is 23.1 Å².